The zero-order valence-corrected chi connectivity index (χ0v) is 10.2. The number of rotatable bonds is 4. The SMILES string of the molecule is CN(O[SH](=O)=O)c1ccc2cc(C(=O)O)[nH]c2c1. The Morgan fingerprint density at radius 2 is 2.11 bits per heavy atom. The van der Waals surface area contributed by atoms with Gasteiger partial charge in [-0.1, -0.05) is 6.07 Å². The van der Waals surface area contributed by atoms with Crippen LogP contribution in [0.3, 0.4) is 0 Å². The highest BCUT2D eigenvalue weighted by Crippen LogP contribution is 2.22. The van der Waals surface area contributed by atoms with E-state index >= 15 is 0 Å². The zero-order chi connectivity index (χ0) is 13.3. The first-order valence-electron chi connectivity index (χ1n) is 4.89. The van der Waals surface area contributed by atoms with Gasteiger partial charge in [-0.25, -0.2) is 18.3 Å². The minimum atomic E-state index is -2.99. The first-order valence-corrected chi connectivity index (χ1v) is 5.99. The van der Waals surface area contributed by atoms with E-state index in [0.29, 0.717) is 11.2 Å². The van der Waals surface area contributed by atoms with Gasteiger partial charge in [0.25, 0.3) is 11.0 Å². The molecule has 2 N–H and O–H groups in total. The minimum Gasteiger partial charge on any atom is -0.477 e. The number of aromatic carboxylic acids is 1. The molecule has 1 aromatic heterocycles. The van der Waals surface area contributed by atoms with E-state index in [0.717, 1.165) is 10.4 Å². The molecule has 0 saturated heterocycles. The molecule has 96 valence electrons. The van der Waals surface area contributed by atoms with Gasteiger partial charge in [0.15, 0.2) is 0 Å². The van der Waals surface area contributed by atoms with Crippen molar-refractivity contribution in [3.8, 4) is 0 Å². The van der Waals surface area contributed by atoms with Crippen molar-refractivity contribution >= 4 is 33.5 Å². The summed E-state index contributed by atoms with van der Waals surface area (Å²) in [6.07, 6.45) is 0. The van der Waals surface area contributed by atoms with E-state index in [1.165, 1.54) is 13.1 Å². The number of aromatic amines is 1. The second-order valence-electron chi connectivity index (χ2n) is 3.56. The first kappa shape index (κ1) is 12.4. The smallest absolute Gasteiger partial charge is 0.352 e. The highest BCUT2D eigenvalue weighted by molar-refractivity contribution is 7.67. The van der Waals surface area contributed by atoms with Crippen LogP contribution in [0.5, 0.6) is 0 Å². The molecule has 0 atom stereocenters. The third-order valence-corrected chi connectivity index (χ3v) is 2.77. The number of hydrogen-bond acceptors (Lipinski definition) is 5. The average molecular weight is 270 g/mol. The van der Waals surface area contributed by atoms with Gasteiger partial charge in [0, 0.05) is 18.0 Å². The lowest BCUT2D eigenvalue weighted by Gasteiger charge is -2.13. The molecule has 0 aliphatic heterocycles. The number of carboxylic acids is 1. The maximum Gasteiger partial charge on any atom is 0.352 e. The Kier molecular flexibility index (Phi) is 3.21. The number of H-pyrrole nitrogens is 1. The second-order valence-corrected chi connectivity index (χ2v) is 4.17. The summed E-state index contributed by atoms with van der Waals surface area (Å²) < 4.78 is 25.4. The number of nitrogens with one attached hydrogen (secondary N) is 1. The maximum atomic E-state index is 10.8. The predicted octanol–water partition coefficient (Wildman–Crippen LogP) is 0.760. The molecule has 0 radical (unpaired) electrons. The molecular formula is C10H10N2O5S. The molecule has 1 aromatic carbocycles. The van der Waals surface area contributed by atoms with Gasteiger partial charge in [0.05, 0.1) is 5.69 Å². The van der Waals surface area contributed by atoms with Crippen LogP contribution in [0.15, 0.2) is 24.3 Å². The summed E-state index contributed by atoms with van der Waals surface area (Å²) in [7, 11) is -1.55. The highest BCUT2D eigenvalue weighted by atomic mass is 32.2. The number of hydroxylamine groups is 1. The van der Waals surface area contributed by atoms with Gasteiger partial charge < -0.3 is 10.1 Å². The Hall–Kier alpha value is -2.06. The first-order chi connectivity index (χ1) is 8.47. The maximum absolute atomic E-state index is 10.8. The molecular weight excluding hydrogens is 260 g/mol. The zero-order valence-electron chi connectivity index (χ0n) is 9.28. The lowest BCUT2D eigenvalue weighted by molar-refractivity contribution is 0.0691. The second kappa shape index (κ2) is 4.67. The molecule has 0 spiro atoms. The Morgan fingerprint density at radius 1 is 1.39 bits per heavy atom. The minimum absolute atomic E-state index is 0.0700. The number of nitrogens with zero attached hydrogens (tertiary/aromatic N) is 1. The summed E-state index contributed by atoms with van der Waals surface area (Å²) in [5.41, 5.74) is 1.14. The summed E-state index contributed by atoms with van der Waals surface area (Å²) in [6.45, 7) is 0. The van der Waals surface area contributed by atoms with Crippen LogP contribution in [-0.4, -0.2) is 31.5 Å². The Balaban J connectivity index is 2.40. The number of fused-ring (bicyclic) bond motifs is 1. The molecule has 2 rings (SSSR count). The van der Waals surface area contributed by atoms with Crippen molar-refractivity contribution in [3.63, 3.8) is 0 Å². The lowest BCUT2D eigenvalue weighted by Crippen LogP contribution is -2.16. The van der Waals surface area contributed by atoms with Crippen molar-refractivity contribution in [2.75, 3.05) is 12.1 Å². The van der Waals surface area contributed by atoms with Crippen molar-refractivity contribution < 1.29 is 22.6 Å². The molecule has 18 heavy (non-hydrogen) atoms. The standard InChI is InChI=1S/C10H10N2O5S/c1-12(17-18(15)16)7-3-2-6-4-9(10(13)14)11-8(6)5-7/h2-5,11,18H,1H3,(H,13,14). The lowest BCUT2D eigenvalue weighted by atomic mass is 10.2. The fourth-order valence-corrected chi connectivity index (χ4v) is 1.87. The Morgan fingerprint density at radius 3 is 2.72 bits per heavy atom. The molecule has 0 fully saturated rings. The van der Waals surface area contributed by atoms with Crippen molar-refractivity contribution in [1.29, 1.82) is 0 Å². The highest BCUT2D eigenvalue weighted by Gasteiger charge is 2.09. The van der Waals surface area contributed by atoms with Gasteiger partial charge in [-0.2, -0.15) is 4.28 Å². The van der Waals surface area contributed by atoms with Gasteiger partial charge in [0.2, 0.25) is 0 Å². The Labute approximate surface area is 104 Å². The molecule has 0 saturated carbocycles. The van der Waals surface area contributed by atoms with Gasteiger partial charge in [-0.3, -0.25) is 0 Å². The fraction of sp³-hybridized carbons (Fsp3) is 0.100. The molecule has 8 heteroatoms. The average Bonchev–Trinajstić information content (AvgIpc) is 2.70. The molecule has 1 heterocycles. The van der Waals surface area contributed by atoms with Gasteiger partial charge >= 0.3 is 5.97 Å². The van der Waals surface area contributed by atoms with E-state index in [1.54, 1.807) is 18.2 Å². The van der Waals surface area contributed by atoms with Crippen LogP contribution in [0, 0.1) is 0 Å². The van der Waals surface area contributed by atoms with Crippen LogP contribution in [0.2, 0.25) is 0 Å². The molecule has 2 aromatic rings. The summed E-state index contributed by atoms with van der Waals surface area (Å²) in [5, 5.41) is 10.6. The number of aromatic nitrogens is 1. The van der Waals surface area contributed by atoms with Crippen LogP contribution >= 0.6 is 0 Å². The van der Waals surface area contributed by atoms with Crippen molar-refractivity contribution in [1.82, 2.24) is 4.98 Å². The Bertz CT molecular complexity index is 668. The number of benzene rings is 1. The summed E-state index contributed by atoms with van der Waals surface area (Å²) in [5.74, 6) is -1.06. The predicted molar refractivity (Wildman–Crippen MR) is 65.1 cm³/mol. The third kappa shape index (κ3) is 2.44. The van der Waals surface area contributed by atoms with Gasteiger partial charge in [-0.15, -0.1) is 0 Å². The molecule has 0 aliphatic carbocycles. The number of thiol groups is 1. The summed E-state index contributed by atoms with van der Waals surface area (Å²) in [6, 6.07) is 6.39. The van der Waals surface area contributed by atoms with Crippen LogP contribution in [0.1, 0.15) is 10.5 Å². The molecule has 0 aliphatic rings. The number of anilines is 1. The fourth-order valence-electron chi connectivity index (χ4n) is 1.57. The normalized spacial score (nSPS) is 11.0. The van der Waals surface area contributed by atoms with E-state index in [-0.39, 0.29) is 5.69 Å². The largest absolute Gasteiger partial charge is 0.477 e. The van der Waals surface area contributed by atoms with E-state index in [4.69, 9.17) is 5.11 Å². The van der Waals surface area contributed by atoms with Gasteiger partial charge in [-0.05, 0) is 18.2 Å². The van der Waals surface area contributed by atoms with Crippen molar-refractivity contribution in [3.05, 3.63) is 30.0 Å². The van der Waals surface area contributed by atoms with Crippen LogP contribution in [0.25, 0.3) is 10.9 Å². The number of carbonyl (C=O) groups is 1. The summed E-state index contributed by atoms with van der Waals surface area (Å²) >= 11 is 0. The van der Waals surface area contributed by atoms with Gasteiger partial charge in [0.1, 0.15) is 5.69 Å². The van der Waals surface area contributed by atoms with E-state index < -0.39 is 17.0 Å². The van der Waals surface area contributed by atoms with E-state index in [2.05, 4.69) is 9.27 Å². The number of hydrogen-bond donors (Lipinski definition) is 3. The van der Waals surface area contributed by atoms with Crippen molar-refractivity contribution in [2.45, 2.75) is 0 Å². The van der Waals surface area contributed by atoms with E-state index in [9.17, 15) is 13.2 Å². The molecule has 0 bridgehead atoms. The van der Waals surface area contributed by atoms with Crippen LogP contribution in [0.4, 0.5) is 5.69 Å². The van der Waals surface area contributed by atoms with E-state index in [1.807, 2.05) is 0 Å². The number of carboxylic acid groups (broad SMARTS) is 1. The molecule has 0 amide bonds. The van der Waals surface area contributed by atoms with Crippen LogP contribution < -0.4 is 5.06 Å². The third-order valence-electron chi connectivity index (χ3n) is 2.39. The molecule has 7 nitrogen and oxygen atoms in total. The monoisotopic (exact) mass is 270 g/mol. The van der Waals surface area contributed by atoms with Crippen LogP contribution in [-0.2, 0) is 15.3 Å². The molecule has 0 unspecified atom stereocenters. The van der Waals surface area contributed by atoms with Crippen molar-refractivity contribution in [2.24, 2.45) is 0 Å². The topological polar surface area (TPSA) is 99.7 Å². The summed E-state index contributed by atoms with van der Waals surface area (Å²) in [4.78, 5) is 13.5. The quantitative estimate of drug-likeness (QED) is 0.560.